The van der Waals surface area contributed by atoms with E-state index in [1.807, 2.05) is 48.5 Å². The van der Waals surface area contributed by atoms with Crippen LogP contribution in [0.25, 0.3) is 11.1 Å². The average Bonchev–Trinajstić information content (AvgIpc) is 2.80. The van der Waals surface area contributed by atoms with Crippen LogP contribution in [0.1, 0.15) is 47.1 Å². The highest BCUT2D eigenvalue weighted by Gasteiger charge is 2.13. The lowest BCUT2D eigenvalue weighted by molar-refractivity contribution is 0.131. The van der Waals surface area contributed by atoms with Crippen LogP contribution in [-0.4, -0.2) is 5.60 Å². The Balaban J connectivity index is 1.36. The average molecular weight is 466 g/mol. The van der Waals surface area contributed by atoms with Crippen molar-refractivity contribution in [1.82, 2.24) is 0 Å². The normalized spacial score (nSPS) is 11.7. The van der Waals surface area contributed by atoms with E-state index in [0.29, 0.717) is 0 Å². The number of nitrogens with one attached hydrogen (secondary N) is 1. The Hall–Kier alpha value is -3.72. The Morgan fingerprint density at radius 3 is 1.31 bits per heavy atom. The minimum Gasteiger partial charge on any atom is -0.488 e. The van der Waals surface area contributed by atoms with Crippen molar-refractivity contribution in [3.63, 3.8) is 0 Å². The Kier molecular flexibility index (Phi) is 6.88. The highest BCUT2D eigenvalue weighted by atomic mass is 16.5. The molecule has 0 aliphatic carbocycles. The molecule has 0 atom stereocenters. The van der Waals surface area contributed by atoms with Gasteiger partial charge in [-0.05, 0) is 104 Å². The van der Waals surface area contributed by atoms with Gasteiger partial charge in [-0.3, -0.25) is 0 Å². The van der Waals surface area contributed by atoms with Crippen LogP contribution in [0.4, 0.5) is 11.4 Å². The van der Waals surface area contributed by atoms with E-state index in [1.54, 1.807) is 0 Å². The van der Waals surface area contributed by atoms with Gasteiger partial charge in [0, 0.05) is 11.4 Å². The Labute approximate surface area is 209 Å². The summed E-state index contributed by atoms with van der Waals surface area (Å²) in [6.07, 6.45) is 0. The zero-order valence-corrected chi connectivity index (χ0v) is 21.6. The predicted octanol–water partition coefficient (Wildman–Crippen LogP) is 9.36. The Bertz CT molecular complexity index is 1230. The molecule has 3 heteroatoms. The molecule has 0 unspecified atom stereocenters. The summed E-state index contributed by atoms with van der Waals surface area (Å²) in [7, 11) is 0. The van der Waals surface area contributed by atoms with Crippen molar-refractivity contribution in [2.45, 2.75) is 52.6 Å². The first-order valence-electron chi connectivity index (χ1n) is 12.1. The van der Waals surface area contributed by atoms with Gasteiger partial charge in [0.15, 0.2) is 0 Å². The number of hydrogen-bond donors (Lipinski definition) is 1. The molecule has 35 heavy (non-hydrogen) atoms. The quantitative estimate of drug-likeness (QED) is 0.308. The molecule has 1 N–H and O–H groups in total. The minimum atomic E-state index is -0.202. The van der Waals surface area contributed by atoms with Gasteiger partial charge in [-0.1, -0.05) is 57.2 Å². The molecule has 4 aromatic rings. The molecule has 0 saturated heterocycles. The highest BCUT2D eigenvalue weighted by Crippen LogP contribution is 2.29. The maximum Gasteiger partial charge on any atom is 0.127 e. The number of anilines is 2. The largest absolute Gasteiger partial charge is 0.488 e. The van der Waals surface area contributed by atoms with Gasteiger partial charge < -0.3 is 14.8 Å². The zero-order valence-electron chi connectivity index (χ0n) is 21.6. The maximum atomic E-state index is 6.05. The van der Waals surface area contributed by atoms with Crippen LogP contribution in [0.2, 0.25) is 0 Å². The summed E-state index contributed by atoms with van der Waals surface area (Å²) < 4.78 is 12.0. The third kappa shape index (κ3) is 6.89. The second-order valence-electron chi connectivity index (χ2n) is 10.8. The second kappa shape index (κ2) is 9.87. The summed E-state index contributed by atoms with van der Waals surface area (Å²) in [6.45, 7) is 12.8. The van der Waals surface area contributed by atoms with Crippen LogP contribution >= 0.6 is 0 Å². The molecular formula is C32H35NO2. The SMILES string of the molecule is CC(C)(C)Oc1ccc(-c2ccc(Oc3ccc(Nc4ccc(C(C)(C)C)cc4)cc3)cc2)cc1. The molecule has 0 bridgehead atoms. The van der Waals surface area contributed by atoms with Gasteiger partial charge in [-0.15, -0.1) is 0 Å². The van der Waals surface area contributed by atoms with Gasteiger partial charge in [0.2, 0.25) is 0 Å². The van der Waals surface area contributed by atoms with Crippen LogP contribution in [-0.2, 0) is 5.41 Å². The molecule has 0 heterocycles. The monoisotopic (exact) mass is 465 g/mol. The highest BCUT2D eigenvalue weighted by molar-refractivity contribution is 5.65. The van der Waals surface area contributed by atoms with Gasteiger partial charge in [0.05, 0.1) is 0 Å². The van der Waals surface area contributed by atoms with Crippen molar-refractivity contribution in [1.29, 1.82) is 0 Å². The first kappa shape index (κ1) is 24.4. The molecule has 0 spiro atoms. The topological polar surface area (TPSA) is 30.5 Å². The number of hydrogen-bond acceptors (Lipinski definition) is 3. The van der Waals surface area contributed by atoms with Gasteiger partial charge in [-0.25, -0.2) is 0 Å². The standard InChI is InChI=1S/C32H35NO2/c1-31(2,3)25-11-13-26(14-12-25)33-27-15-21-29(22-16-27)34-28-17-7-23(8-18-28)24-9-19-30(20-10-24)35-32(4,5)6/h7-22,33H,1-6H3. The summed E-state index contributed by atoms with van der Waals surface area (Å²) in [6, 6.07) is 33.0. The van der Waals surface area contributed by atoms with Crippen molar-refractivity contribution in [3.8, 4) is 28.4 Å². The summed E-state index contributed by atoms with van der Waals surface area (Å²) in [5.74, 6) is 2.48. The molecule has 0 aromatic heterocycles. The molecule has 180 valence electrons. The lowest BCUT2D eigenvalue weighted by Crippen LogP contribution is -2.22. The van der Waals surface area contributed by atoms with Crippen LogP contribution < -0.4 is 14.8 Å². The van der Waals surface area contributed by atoms with Crippen LogP contribution in [0.3, 0.4) is 0 Å². The Morgan fingerprint density at radius 2 is 0.886 bits per heavy atom. The van der Waals surface area contributed by atoms with Crippen molar-refractivity contribution >= 4 is 11.4 Å². The number of rotatable bonds is 6. The van der Waals surface area contributed by atoms with Gasteiger partial charge >= 0.3 is 0 Å². The van der Waals surface area contributed by atoms with Crippen LogP contribution in [0, 0.1) is 0 Å². The molecule has 0 amide bonds. The molecule has 0 radical (unpaired) electrons. The van der Waals surface area contributed by atoms with Crippen LogP contribution in [0.15, 0.2) is 97.1 Å². The molecule has 0 aliphatic heterocycles. The maximum absolute atomic E-state index is 6.05. The van der Waals surface area contributed by atoms with E-state index in [4.69, 9.17) is 9.47 Å². The molecule has 0 saturated carbocycles. The minimum absolute atomic E-state index is 0.154. The molecule has 3 nitrogen and oxygen atoms in total. The fourth-order valence-corrected chi connectivity index (χ4v) is 3.75. The van der Waals surface area contributed by atoms with E-state index in [0.717, 1.165) is 39.8 Å². The molecule has 0 fully saturated rings. The summed E-state index contributed by atoms with van der Waals surface area (Å²) >= 11 is 0. The molecule has 4 rings (SSSR count). The van der Waals surface area contributed by atoms with E-state index < -0.39 is 0 Å². The van der Waals surface area contributed by atoms with E-state index in [9.17, 15) is 0 Å². The second-order valence-corrected chi connectivity index (χ2v) is 10.8. The predicted molar refractivity (Wildman–Crippen MR) is 147 cm³/mol. The molecule has 0 aliphatic rings. The molecular weight excluding hydrogens is 430 g/mol. The third-order valence-electron chi connectivity index (χ3n) is 5.60. The van der Waals surface area contributed by atoms with Crippen molar-refractivity contribution < 1.29 is 9.47 Å². The molecule has 4 aromatic carbocycles. The number of benzene rings is 4. The van der Waals surface area contributed by atoms with E-state index >= 15 is 0 Å². The van der Waals surface area contributed by atoms with Gasteiger partial charge in [0.25, 0.3) is 0 Å². The number of ether oxygens (including phenoxy) is 2. The summed E-state index contributed by atoms with van der Waals surface area (Å²) in [5.41, 5.74) is 5.65. The van der Waals surface area contributed by atoms with E-state index in [-0.39, 0.29) is 11.0 Å². The smallest absolute Gasteiger partial charge is 0.127 e. The fourth-order valence-electron chi connectivity index (χ4n) is 3.75. The summed E-state index contributed by atoms with van der Waals surface area (Å²) in [5, 5.41) is 3.45. The van der Waals surface area contributed by atoms with E-state index in [1.165, 1.54) is 5.56 Å². The first-order valence-corrected chi connectivity index (χ1v) is 12.1. The van der Waals surface area contributed by atoms with Crippen molar-refractivity contribution in [2.75, 3.05) is 5.32 Å². The van der Waals surface area contributed by atoms with Crippen molar-refractivity contribution in [3.05, 3.63) is 103 Å². The van der Waals surface area contributed by atoms with E-state index in [2.05, 4.69) is 95.4 Å². The zero-order chi connectivity index (χ0) is 25.1. The lowest BCUT2D eigenvalue weighted by Gasteiger charge is -2.21. The Morgan fingerprint density at radius 1 is 0.486 bits per heavy atom. The van der Waals surface area contributed by atoms with Gasteiger partial charge in [0.1, 0.15) is 22.8 Å². The van der Waals surface area contributed by atoms with Crippen molar-refractivity contribution in [2.24, 2.45) is 0 Å². The third-order valence-corrected chi connectivity index (χ3v) is 5.60. The lowest BCUT2D eigenvalue weighted by atomic mass is 9.87. The van der Waals surface area contributed by atoms with Crippen LogP contribution in [0.5, 0.6) is 17.2 Å². The fraction of sp³-hybridized carbons (Fsp3) is 0.250. The first-order chi connectivity index (χ1) is 16.5. The van der Waals surface area contributed by atoms with Gasteiger partial charge in [-0.2, -0.15) is 0 Å². The summed E-state index contributed by atoms with van der Waals surface area (Å²) in [4.78, 5) is 0.